The summed E-state index contributed by atoms with van der Waals surface area (Å²) in [5.74, 6) is -1.33. The molecule has 7 heteroatoms. The van der Waals surface area contributed by atoms with Crippen LogP contribution in [-0.4, -0.2) is 29.7 Å². The second-order valence-electron chi connectivity index (χ2n) is 3.29. The second-order valence-corrected chi connectivity index (χ2v) is 6.79. The number of thiazole rings is 1. The van der Waals surface area contributed by atoms with Crippen LogP contribution in [0, 0.1) is 0 Å². The molecule has 0 atom stereocenters. The summed E-state index contributed by atoms with van der Waals surface area (Å²) in [5, 5.41) is 9.78. The summed E-state index contributed by atoms with van der Waals surface area (Å²) in [6.45, 7) is 3.17. The third-order valence-corrected chi connectivity index (χ3v) is 4.96. The van der Waals surface area contributed by atoms with Crippen molar-refractivity contribution in [2.45, 2.75) is 24.9 Å². The maximum Gasteiger partial charge on any atom is 0.355 e. The van der Waals surface area contributed by atoms with Crippen LogP contribution in [0.3, 0.4) is 0 Å². The molecule has 1 rings (SSSR count). The fourth-order valence-electron chi connectivity index (χ4n) is 0.814. The predicted molar refractivity (Wildman–Crippen MR) is 56.8 cm³/mol. The average molecular weight is 249 g/mol. The molecule has 0 saturated carbocycles. The van der Waals surface area contributed by atoms with Crippen molar-refractivity contribution in [3.05, 3.63) is 16.1 Å². The molecule has 1 N–H and O–H groups in total. The molecule has 0 bridgehead atoms. The van der Waals surface area contributed by atoms with Gasteiger partial charge < -0.3 is 5.11 Å². The molecule has 5 nitrogen and oxygen atoms in total. The molecule has 0 aliphatic carbocycles. The van der Waals surface area contributed by atoms with E-state index < -0.39 is 21.1 Å². The molecule has 0 amide bonds. The number of nitrogens with zero attached hydrogens (tertiary/aromatic N) is 1. The first-order chi connectivity index (χ1) is 6.83. The zero-order valence-electron chi connectivity index (χ0n) is 8.30. The quantitative estimate of drug-likeness (QED) is 0.865. The van der Waals surface area contributed by atoms with E-state index in [-0.39, 0.29) is 11.4 Å². The second kappa shape index (κ2) is 4.28. The van der Waals surface area contributed by atoms with Crippen LogP contribution < -0.4 is 0 Å². The Morgan fingerprint density at radius 3 is 2.60 bits per heavy atom. The van der Waals surface area contributed by atoms with Gasteiger partial charge >= 0.3 is 5.97 Å². The molecule has 0 aliphatic rings. The van der Waals surface area contributed by atoms with Crippen molar-refractivity contribution >= 4 is 27.1 Å². The Morgan fingerprint density at radius 2 is 2.20 bits per heavy atom. The van der Waals surface area contributed by atoms with Crippen LogP contribution in [0.2, 0.25) is 0 Å². The number of sulfone groups is 1. The lowest BCUT2D eigenvalue weighted by molar-refractivity contribution is 0.0691. The highest BCUT2D eigenvalue weighted by Crippen LogP contribution is 2.15. The highest BCUT2D eigenvalue weighted by atomic mass is 32.2. The van der Waals surface area contributed by atoms with E-state index in [0.717, 1.165) is 11.3 Å². The van der Waals surface area contributed by atoms with Crippen molar-refractivity contribution in [3.63, 3.8) is 0 Å². The summed E-state index contributed by atoms with van der Waals surface area (Å²) in [4.78, 5) is 14.2. The number of carboxylic acids is 1. The van der Waals surface area contributed by atoms with Crippen molar-refractivity contribution < 1.29 is 18.3 Å². The van der Waals surface area contributed by atoms with Crippen molar-refractivity contribution in [3.8, 4) is 0 Å². The molecule has 1 aromatic heterocycles. The number of hydrogen-bond donors (Lipinski definition) is 1. The first kappa shape index (κ1) is 12.1. The average Bonchev–Trinajstić information content (AvgIpc) is 2.51. The van der Waals surface area contributed by atoms with Crippen LogP contribution >= 0.6 is 11.3 Å². The van der Waals surface area contributed by atoms with Crippen LogP contribution in [0.1, 0.15) is 29.3 Å². The number of carboxylic acid groups (broad SMARTS) is 1. The molecule has 0 saturated heterocycles. The van der Waals surface area contributed by atoms with Crippen LogP contribution in [-0.2, 0) is 15.6 Å². The number of carbonyl (C=O) groups is 1. The Morgan fingerprint density at radius 1 is 1.60 bits per heavy atom. The van der Waals surface area contributed by atoms with E-state index in [9.17, 15) is 13.2 Å². The van der Waals surface area contributed by atoms with E-state index in [4.69, 9.17) is 5.11 Å². The number of rotatable bonds is 4. The minimum atomic E-state index is -3.21. The normalized spacial score (nSPS) is 11.9. The van der Waals surface area contributed by atoms with Gasteiger partial charge in [-0.3, -0.25) is 0 Å². The van der Waals surface area contributed by atoms with E-state index in [2.05, 4.69) is 4.98 Å². The van der Waals surface area contributed by atoms with Gasteiger partial charge in [-0.25, -0.2) is 18.2 Å². The van der Waals surface area contributed by atoms with Crippen molar-refractivity contribution in [2.24, 2.45) is 0 Å². The highest BCUT2D eigenvalue weighted by molar-refractivity contribution is 7.91. The van der Waals surface area contributed by atoms with Crippen LogP contribution in [0.4, 0.5) is 0 Å². The van der Waals surface area contributed by atoms with Crippen LogP contribution in [0.5, 0.6) is 0 Å². The molecule has 0 aromatic carbocycles. The van der Waals surface area contributed by atoms with Gasteiger partial charge in [0.25, 0.3) is 0 Å². The summed E-state index contributed by atoms with van der Waals surface area (Å²) in [7, 11) is -3.21. The van der Waals surface area contributed by atoms with E-state index >= 15 is 0 Å². The molecule has 0 aliphatic heterocycles. The summed E-state index contributed by atoms with van der Waals surface area (Å²) >= 11 is 1.05. The van der Waals surface area contributed by atoms with Gasteiger partial charge in [-0.2, -0.15) is 0 Å². The van der Waals surface area contributed by atoms with Gasteiger partial charge in [0.1, 0.15) is 10.8 Å². The maximum atomic E-state index is 11.5. The molecular weight excluding hydrogens is 238 g/mol. The Balaban J connectivity index is 2.87. The first-order valence-corrected chi connectivity index (χ1v) is 6.81. The fraction of sp³-hybridized carbons (Fsp3) is 0.500. The number of aromatic carboxylic acids is 1. The maximum absolute atomic E-state index is 11.5. The molecule has 0 fully saturated rings. The summed E-state index contributed by atoms with van der Waals surface area (Å²) in [6.07, 6.45) is 0. The Kier molecular flexibility index (Phi) is 3.46. The fourth-order valence-corrected chi connectivity index (χ4v) is 2.87. The Labute approximate surface area is 91.7 Å². The van der Waals surface area contributed by atoms with E-state index in [0.29, 0.717) is 5.01 Å². The summed E-state index contributed by atoms with van der Waals surface area (Å²) < 4.78 is 23.0. The highest BCUT2D eigenvalue weighted by Gasteiger charge is 2.19. The zero-order chi connectivity index (χ0) is 11.6. The SMILES string of the molecule is CC(C)S(=O)(=O)Cc1nc(C(=O)O)cs1. The molecule has 1 aromatic rings. The monoisotopic (exact) mass is 249 g/mol. The van der Waals surface area contributed by atoms with Gasteiger partial charge in [0.05, 0.1) is 5.25 Å². The van der Waals surface area contributed by atoms with Crippen molar-refractivity contribution in [1.29, 1.82) is 0 Å². The van der Waals surface area contributed by atoms with E-state index in [1.54, 1.807) is 13.8 Å². The van der Waals surface area contributed by atoms with Crippen molar-refractivity contribution in [2.75, 3.05) is 0 Å². The largest absolute Gasteiger partial charge is 0.476 e. The Bertz CT molecular complexity index is 461. The van der Waals surface area contributed by atoms with Crippen molar-refractivity contribution in [1.82, 2.24) is 4.98 Å². The van der Waals surface area contributed by atoms with Gasteiger partial charge in [0.15, 0.2) is 15.5 Å². The van der Waals surface area contributed by atoms with Gasteiger partial charge in [-0.15, -0.1) is 11.3 Å². The molecule has 15 heavy (non-hydrogen) atoms. The number of aromatic nitrogens is 1. The smallest absolute Gasteiger partial charge is 0.355 e. The van der Waals surface area contributed by atoms with Gasteiger partial charge in [0.2, 0.25) is 0 Å². The third kappa shape index (κ3) is 3.00. The standard InChI is InChI=1S/C8H11NO4S2/c1-5(2)15(12,13)4-7-9-6(3-14-7)8(10)11/h3,5H,4H2,1-2H3,(H,10,11). The van der Waals surface area contributed by atoms with Crippen LogP contribution in [0.15, 0.2) is 5.38 Å². The number of hydrogen-bond acceptors (Lipinski definition) is 5. The minimum absolute atomic E-state index is 0.103. The van der Waals surface area contributed by atoms with E-state index in [1.165, 1.54) is 5.38 Å². The predicted octanol–water partition coefficient (Wildman–Crippen LogP) is 1.16. The lowest BCUT2D eigenvalue weighted by atomic mass is 10.5. The minimum Gasteiger partial charge on any atom is -0.476 e. The summed E-state index contributed by atoms with van der Waals surface area (Å²) in [5.41, 5.74) is -0.103. The summed E-state index contributed by atoms with van der Waals surface area (Å²) in [6, 6.07) is 0. The first-order valence-electron chi connectivity index (χ1n) is 4.22. The van der Waals surface area contributed by atoms with Gasteiger partial charge in [-0.1, -0.05) is 0 Å². The molecule has 1 heterocycles. The lowest BCUT2D eigenvalue weighted by Gasteiger charge is -2.04. The van der Waals surface area contributed by atoms with Gasteiger partial charge in [0, 0.05) is 5.38 Å². The van der Waals surface area contributed by atoms with Gasteiger partial charge in [-0.05, 0) is 13.8 Å². The molecule has 84 valence electrons. The molecule has 0 unspecified atom stereocenters. The van der Waals surface area contributed by atoms with Crippen LogP contribution in [0.25, 0.3) is 0 Å². The molecule has 0 radical (unpaired) electrons. The topological polar surface area (TPSA) is 84.3 Å². The molecular formula is C8H11NO4S2. The molecule has 0 spiro atoms. The third-order valence-electron chi connectivity index (χ3n) is 1.81. The Hall–Kier alpha value is -0.950. The van der Waals surface area contributed by atoms with E-state index in [1.807, 2.05) is 0 Å². The lowest BCUT2D eigenvalue weighted by Crippen LogP contribution is -2.16. The zero-order valence-corrected chi connectivity index (χ0v) is 9.93.